The summed E-state index contributed by atoms with van der Waals surface area (Å²) in [6, 6.07) is 12.7. The topological polar surface area (TPSA) is 60.9 Å². The van der Waals surface area contributed by atoms with Gasteiger partial charge in [-0.2, -0.15) is 0 Å². The van der Waals surface area contributed by atoms with Crippen LogP contribution in [0.2, 0.25) is 5.02 Å². The van der Waals surface area contributed by atoms with Crippen LogP contribution >= 0.6 is 22.9 Å². The maximum atomic E-state index is 12.9. The maximum absolute atomic E-state index is 12.9. The first-order valence-electron chi connectivity index (χ1n) is 9.26. The molecule has 0 aliphatic heterocycles. The van der Waals surface area contributed by atoms with Gasteiger partial charge in [0.25, 0.3) is 5.91 Å². The lowest BCUT2D eigenvalue weighted by Gasteiger charge is -2.17. The molecule has 0 radical (unpaired) electrons. The lowest BCUT2D eigenvalue weighted by atomic mass is 10.2. The van der Waals surface area contributed by atoms with Gasteiger partial charge >= 0.3 is 0 Å². The normalized spacial score (nSPS) is 10.6. The largest absolute Gasteiger partial charge is 0.493 e. The zero-order valence-electron chi connectivity index (χ0n) is 17.3. The molecule has 158 valence electrons. The molecule has 3 rings (SSSR count). The zero-order valence-corrected chi connectivity index (χ0v) is 18.8. The Kier molecular flexibility index (Phi) is 7.18. The predicted octanol–water partition coefficient (Wildman–Crippen LogP) is 4.94. The number of rotatable bonds is 8. The van der Waals surface area contributed by atoms with Crippen LogP contribution in [0.1, 0.15) is 15.4 Å². The molecule has 1 heterocycles. The average molecular weight is 447 g/mol. The highest BCUT2D eigenvalue weighted by molar-refractivity contribution is 7.17. The van der Waals surface area contributed by atoms with Crippen molar-refractivity contribution in [1.82, 2.24) is 9.88 Å². The maximum Gasteiger partial charge on any atom is 0.265 e. The predicted molar refractivity (Wildman–Crippen MR) is 119 cm³/mol. The van der Waals surface area contributed by atoms with Gasteiger partial charge in [0.2, 0.25) is 0 Å². The number of nitrogens with zero attached hydrogens (tertiary/aromatic N) is 2. The number of aryl methyl sites for hydroxylation is 1. The van der Waals surface area contributed by atoms with Crippen LogP contribution in [0.4, 0.5) is 0 Å². The first-order chi connectivity index (χ1) is 14.4. The molecule has 30 heavy (non-hydrogen) atoms. The number of halogens is 1. The number of amides is 1. The van der Waals surface area contributed by atoms with E-state index in [1.807, 2.05) is 25.1 Å². The Morgan fingerprint density at radius 3 is 2.47 bits per heavy atom. The van der Waals surface area contributed by atoms with Gasteiger partial charge in [-0.05, 0) is 49.4 Å². The SMILES string of the molecule is COc1ccc(-c2nc(C)c(C(=O)N(C)CCOc3ccc(Cl)cc3)s2)cc1OC. The molecular weight excluding hydrogens is 424 g/mol. The van der Waals surface area contributed by atoms with Gasteiger partial charge in [0.15, 0.2) is 11.5 Å². The van der Waals surface area contributed by atoms with Gasteiger partial charge in [0.1, 0.15) is 22.2 Å². The van der Waals surface area contributed by atoms with Gasteiger partial charge < -0.3 is 19.1 Å². The van der Waals surface area contributed by atoms with Crippen molar-refractivity contribution in [2.24, 2.45) is 0 Å². The van der Waals surface area contributed by atoms with Crippen LogP contribution in [0.3, 0.4) is 0 Å². The van der Waals surface area contributed by atoms with Gasteiger partial charge in [0, 0.05) is 17.6 Å². The van der Waals surface area contributed by atoms with Crippen LogP contribution in [0.5, 0.6) is 17.2 Å². The van der Waals surface area contributed by atoms with Crippen molar-refractivity contribution in [3.05, 3.63) is 58.1 Å². The third-order valence-corrected chi connectivity index (χ3v) is 5.92. The Bertz CT molecular complexity index is 1020. The van der Waals surface area contributed by atoms with Crippen molar-refractivity contribution in [2.45, 2.75) is 6.92 Å². The summed E-state index contributed by atoms with van der Waals surface area (Å²) in [7, 11) is 4.93. The summed E-state index contributed by atoms with van der Waals surface area (Å²) in [5.41, 5.74) is 1.56. The van der Waals surface area contributed by atoms with Crippen molar-refractivity contribution in [1.29, 1.82) is 0 Å². The minimum atomic E-state index is -0.0866. The molecule has 0 unspecified atom stereocenters. The molecule has 0 saturated carbocycles. The van der Waals surface area contributed by atoms with Gasteiger partial charge in [-0.25, -0.2) is 4.98 Å². The number of benzene rings is 2. The molecule has 6 nitrogen and oxygen atoms in total. The van der Waals surface area contributed by atoms with E-state index in [1.54, 1.807) is 50.4 Å². The third kappa shape index (κ3) is 5.04. The van der Waals surface area contributed by atoms with Crippen LogP contribution in [0, 0.1) is 6.92 Å². The summed E-state index contributed by atoms with van der Waals surface area (Å²) in [5, 5.41) is 1.41. The molecule has 0 saturated heterocycles. The standard InChI is InChI=1S/C22H23ClN2O4S/c1-14-20(22(26)25(2)11-12-29-17-8-6-16(23)7-9-17)30-21(24-14)15-5-10-18(27-3)19(13-15)28-4/h5-10,13H,11-12H2,1-4H3. The van der Waals surface area contributed by atoms with E-state index in [4.69, 9.17) is 25.8 Å². The van der Waals surface area contributed by atoms with E-state index in [9.17, 15) is 4.79 Å². The molecule has 0 fully saturated rings. The monoisotopic (exact) mass is 446 g/mol. The number of carbonyl (C=O) groups is 1. The first kappa shape index (κ1) is 21.9. The third-order valence-electron chi connectivity index (χ3n) is 4.48. The van der Waals surface area contributed by atoms with Crippen molar-refractivity contribution in [3.63, 3.8) is 0 Å². The fraction of sp³-hybridized carbons (Fsp3) is 0.273. The first-order valence-corrected chi connectivity index (χ1v) is 10.5. The molecule has 0 bridgehead atoms. The second kappa shape index (κ2) is 9.82. The Labute approximate surface area is 185 Å². The molecule has 0 aliphatic rings. The van der Waals surface area contributed by atoms with Gasteiger partial charge in [-0.3, -0.25) is 4.79 Å². The molecule has 1 amide bonds. The van der Waals surface area contributed by atoms with E-state index in [2.05, 4.69) is 4.98 Å². The van der Waals surface area contributed by atoms with Gasteiger partial charge in [-0.1, -0.05) is 11.6 Å². The van der Waals surface area contributed by atoms with Crippen LogP contribution in [-0.2, 0) is 0 Å². The Morgan fingerprint density at radius 1 is 1.10 bits per heavy atom. The van der Waals surface area contributed by atoms with E-state index in [-0.39, 0.29) is 5.91 Å². The van der Waals surface area contributed by atoms with E-state index < -0.39 is 0 Å². The molecule has 2 aromatic carbocycles. The fourth-order valence-electron chi connectivity index (χ4n) is 2.79. The molecule has 3 aromatic rings. The number of hydrogen-bond donors (Lipinski definition) is 0. The minimum Gasteiger partial charge on any atom is -0.493 e. The quantitative estimate of drug-likeness (QED) is 0.490. The molecule has 0 atom stereocenters. The number of hydrogen-bond acceptors (Lipinski definition) is 6. The van der Waals surface area contributed by atoms with Crippen LogP contribution < -0.4 is 14.2 Å². The van der Waals surface area contributed by atoms with Gasteiger partial charge in [-0.15, -0.1) is 11.3 Å². The summed E-state index contributed by atoms with van der Waals surface area (Å²) < 4.78 is 16.3. The molecule has 0 N–H and O–H groups in total. The number of methoxy groups -OCH3 is 2. The molecule has 8 heteroatoms. The highest BCUT2D eigenvalue weighted by atomic mass is 35.5. The highest BCUT2D eigenvalue weighted by Gasteiger charge is 2.20. The van der Waals surface area contributed by atoms with Crippen molar-refractivity contribution >= 4 is 28.8 Å². The van der Waals surface area contributed by atoms with Crippen molar-refractivity contribution in [2.75, 3.05) is 34.4 Å². The second-order valence-corrected chi connectivity index (χ2v) is 7.97. The minimum absolute atomic E-state index is 0.0866. The number of thiazole rings is 1. The molecule has 0 spiro atoms. The number of carbonyl (C=O) groups excluding carboxylic acids is 1. The highest BCUT2D eigenvalue weighted by Crippen LogP contribution is 2.35. The van der Waals surface area contributed by atoms with E-state index in [1.165, 1.54) is 11.3 Å². The average Bonchev–Trinajstić information content (AvgIpc) is 3.15. The summed E-state index contributed by atoms with van der Waals surface area (Å²) in [5.74, 6) is 1.89. The van der Waals surface area contributed by atoms with Gasteiger partial charge in [0.05, 0.1) is 26.5 Å². The number of likely N-dealkylation sites (N-methyl/N-ethyl adjacent to an activating group) is 1. The van der Waals surface area contributed by atoms with E-state index >= 15 is 0 Å². The molecule has 0 aliphatic carbocycles. The number of aromatic nitrogens is 1. The van der Waals surface area contributed by atoms with Crippen molar-refractivity contribution < 1.29 is 19.0 Å². The molecular formula is C22H23ClN2O4S. The summed E-state index contributed by atoms with van der Waals surface area (Å²) >= 11 is 7.23. The van der Waals surface area contributed by atoms with Crippen LogP contribution in [-0.4, -0.2) is 50.2 Å². The van der Waals surface area contributed by atoms with Crippen LogP contribution in [0.25, 0.3) is 10.6 Å². The smallest absolute Gasteiger partial charge is 0.265 e. The van der Waals surface area contributed by atoms with E-state index in [0.717, 1.165) is 10.6 Å². The fourth-order valence-corrected chi connectivity index (χ4v) is 3.98. The Balaban J connectivity index is 1.67. The lowest BCUT2D eigenvalue weighted by Crippen LogP contribution is -2.30. The Hall–Kier alpha value is -2.77. The zero-order chi connectivity index (χ0) is 21.7. The Morgan fingerprint density at radius 2 is 1.80 bits per heavy atom. The van der Waals surface area contributed by atoms with Crippen molar-refractivity contribution in [3.8, 4) is 27.8 Å². The van der Waals surface area contributed by atoms with E-state index in [0.29, 0.717) is 46.0 Å². The van der Waals surface area contributed by atoms with Crippen LogP contribution in [0.15, 0.2) is 42.5 Å². The summed E-state index contributed by atoms with van der Waals surface area (Å²) in [6.45, 7) is 2.67. The number of ether oxygens (including phenoxy) is 3. The lowest BCUT2D eigenvalue weighted by molar-refractivity contribution is 0.0777. The second-order valence-electron chi connectivity index (χ2n) is 6.53. The molecule has 1 aromatic heterocycles. The summed E-state index contributed by atoms with van der Waals surface area (Å²) in [4.78, 5) is 19.7. The summed E-state index contributed by atoms with van der Waals surface area (Å²) in [6.07, 6.45) is 0.